The van der Waals surface area contributed by atoms with Crippen molar-refractivity contribution >= 4 is 17.4 Å². The predicted octanol–water partition coefficient (Wildman–Crippen LogP) is 3.08. The van der Waals surface area contributed by atoms with Crippen LogP contribution in [0.1, 0.15) is 6.42 Å². The summed E-state index contributed by atoms with van der Waals surface area (Å²) in [6.45, 7) is 4.42. The van der Waals surface area contributed by atoms with Gasteiger partial charge < -0.3 is 19.4 Å². The van der Waals surface area contributed by atoms with Crippen molar-refractivity contribution in [2.75, 3.05) is 49.6 Å². The van der Waals surface area contributed by atoms with Crippen LogP contribution in [0.3, 0.4) is 0 Å². The zero-order valence-electron chi connectivity index (χ0n) is 18.2. The lowest BCUT2D eigenvalue weighted by Crippen LogP contribution is -2.45. The van der Waals surface area contributed by atoms with Gasteiger partial charge in [-0.1, -0.05) is 12.1 Å². The van der Waals surface area contributed by atoms with Crippen molar-refractivity contribution in [2.45, 2.75) is 12.5 Å². The standard InChI is InChI=1S/C25H27N5O2/c1-28-15-17-29(18-16-28)24-22(3-2-11-27-24)32-23-10-14-30(25(23)31)21-6-4-19(5-7-21)20-8-12-26-13-9-20/h2-9,11-13,23H,10,14-18H2,1H3. The number of piperazine rings is 1. The molecule has 0 saturated carbocycles. The molecule has 4 heterocycles. The fourth-order valence-electron chi connectivity index (χ4n) is 4.28. The number of benzene rings is 1. The van der Waals surface area contributed by atoms with Gasteiger partial charge in [0, 0.05) is 63.4 Å². The molecular weight excluding hydrogens is 402 g/mol. The number of pyridine rings is 2. The lowest BCUT2D eigenvalue weighted by molar-refractivity contribution is -0.122. The third-order valence-electron chi connectivity index (χ3n) is 6.17. The van der Waals surface area contributed by atoms with Crippen LogP contribution in [0.15, 0.2) is 67.1 Å². The molecule has 164 valence electrons. The Hall–Kier alpha value is -3.45. The van der Waals surface area contributed by atoms with E-state index in [-0.39, 0.29) is 5.91 Å². The maximum Gasteiger partial charge on any atom is 0.268 e. The topological polar surface area (TPSA) is 61.8 Å². The lowest BCUT2D eigenvalue weighted by Gasteiger charge is -2.34. The van der Waals surface area contributed by atoms with Gasteiger partial charge in [-0.05, 0) is 54.6 Å². The van der Waals surface area contributed by atoms with E-state index in [1.807, 2.05) is 53.4 Å². The summed E-state index contributed by atoms with van der Waals surface area (Å²) in [6.07, 6.45) is 5.51. The average molecular weight is 430 g/mol. The fourth-order valence-corrected chi connectivity index (χ4v) is 4.28. The first-order chi connectivity index (χ1) is 15.7. The number of carbonyl (C=O) groups excluding carboxylic acids is 1. The molecule has 0 radical (unpaired) electrons. The quantitative estimate of drug-likeness (QED) is 0.621. The van der Waals surface area contributed by atoms with Crippen LogP contribution in [-0.2, 0) is 4.79 Å². The van der Waals surface area contributed by atoms with Gasteiger partial charge in [-0.3, -0.25) is 9.78 Å². The molecule has 1 amide bonds. The summed E-state index contributed by atoms with van der Waals surface area (Å²) in [5.74, 6) is 1.51. The zero-order chi connectivity index (χ0) is 21.9. The molecule has 1 unspecified atom stereocenters. The molecule has 0 bridgehead atoms. The number of hydrogen-bond acceptors (Lipinski definition) is 6. The van der Waals surface area contributed by atoms with Crippen LogP contribution in [0, 0.1) is 0 Å². The molecule has 7 heteroatoms. The van der Waals surface area contributed by atoms with Crippen LogP contribution >= 0.6 is 0 Å². The molecule has 2 fully saturated rings. The number of ether oxygens (including phenoxy) is 1. The van der Waals surface area contributed by atoms with E-state index in [1.165, 1.54) is 0 Å². The molecule has 7 nitrogen and oxygen atoms in total. The van der Waals surface area contributed by atoms with Crippen molar-refractivity contribution in [3.05, 3.63) is 67.1 Å². The van der Waals surface area contributed by atoms with Crippen molar-refractivity contribution < 1.29 is 9.53 Å². The summed E-state index contributed by atoms with van der Waals surface area (Å²) in [5, 5.41) is 0. The van der Waals surface area contributed by atoms with Crippen molar-refractivity contribution in [3.8, 4) is 16.9 Å². The SMILES string of the molecule is CN1CCN(c2ncccc2OC2CCN(c3ccc(-c4ccncc4)cc3)C2=O)CC1. The number of carbonyl (C=O) groups is 1. The molecule has 0 aliphatic carbocycles. The van der Waals surface area contributed by atoms with Crippen LogP contribution in [0.25, 0.3) is 11.1 Å². The van der Waals surface area contributed by atoms with Gasteiger partial charge in [-0.2, -0.15) is 0 Å². The molecule has 5 rings (SSSR count). The first kappa shape index (κ1) is 20.5. The molecule has 1 atom stereocenters. The van der Waals surface area contributed by atoms with E-state index in [2.05, 4.69) is 26.8 Å². The minimum Gasteiger partial charge on any atom is -0.477 e. The molecule has 2 aromatic heterocycles. The third-order valence-corrected chi connectivity index (χ3v) is 6.17. The van der Waals surface area contributed by atoms with Gasteiger partial charge >= 0.3 is 0 Å². The summed E-state index contributed by atoms with van der Waals surface area (Å²) >= 11 is 0. The summed E-state index contributed by atoms with van der Waals surface area (Å²) in [7, 11) is 2.13. The van der Waals surface area contributed by atoms with E-state index in [0.717, 1.165) is 48.8 Å². The Balaban J connectivity index is 1.29. The average Bonchev–Trinajstić information content (AvgIpc) is 3.20. The summed E-state index contributed by atoms with van der Waals surface area (Å²) < 4.78 is 6.23. The highest BCUT2D eigenvalue weighted by Gasteiger charge is 2.35. The van der Waals surface area contributed by atoms with E-state index in [9.17, 15) is 4.79 Å². The Morgan fingerprint density at radius 1 is 0.875 bits per heavy atom. The largest absolute Gasteiger partial charge is 0.477 e. The highest BCUT2D eigenvalue weighted by atomic mass is 16.5. The van der Waals surface area contributed by atoms with Crippen molar-refractivity contribution in [2.24, 2.45) is 0 Å². The highest BCUT2D eigenvalue weighted by Crippen LogP contribution is 2.31. The monoisotopic (exact) mass is 429 g/mol. The number of nitrogens with zero attached hydrogens (tertiary/aromatic N) is 5. The number of amides is 1. The molecule has 1 aromatic carbocycles. The van der Waals surface area contributed by atoms with E-state index in [1.54, 1.807) is 18.6 Å². The van der Waals surface area contributed by atoms with Crippen LogP contribution in [0.5, 0.6) is 5.75 Å². The second-order valence-corrected chi connectivity index (χ2v) is 8.28. The van der Waals surface area contributed by atoms with Gasteiger partial charge in [0.25, 0.3) is 5.91 Å². The molecule has 0 spiro atoms. The van der Waals surface area contributed by atoms with Crippen LogP contribution in [-0.4, -0.2) is 66.7 Å². The summed E-state index contributed by atoms with van der Waals surface area (Å²) in [5.41, 5.74) is 3.10. The van der Waals surface area contributed by atoms with E-state index in [4.69, 9.17) is 4.74 Å². The maximum absolute atomic E-state index is 13.1. The van der Waals surface area contributed by atoms with Crippen molar-refractivity contribution in [3.63, 3.8) is 0 Å². The van der Waals surface area contributed by atoms with Gasteiger partial charge in [-0.25, -0.2) is 4.98 Å². The summed E-state index contributed by atoms with van der Waals surface area (Å²) in [6, 6.07) is 15.8. The number of anilines is 2. The normalized spacial score (nSPS) is 19.4. The zero-order valence-corrected chi connectivity index (χ0v) is 18.2. The predicted molar refractivity (Wildman–Crippen MR) is 125 cm³/mol. The summed E-state index contributed by atoms with van der Waals surface area (Å²) in [4.78, 5) is 28.1. The fraction of sp³-hybridized carbons (Fsp3) is 0.320. The molecule has 32 heavy (non-hydrogen) atoms. The van der Waals surface area contributed by atoms with Crippen LogP contribution in [0.2, 0.25) is 0 Å². The first-order valence-electron chi connectivity index (χ1n) is 11.1. The lowest BCUT2D eigenvalue weighted by atomic mass is 10.1. The Bertz CT molecular complexity index is 1070. The second kappa shape index (κ2) is 8.96. The van der Waals surface area contributed by atoms with Gasteiger partial charge in [0.15, 0.2) is 17.7 Å². The number of hydrogen-bond donors (Lipinski definition) is 0. The number of rotatable bonds is 5. The molecule has 3 aromatic rings. The van der Waals surface area contributed by atoms with Crippen molar-refractivity contribution in [1.29, 1.82) is 0 Å². The Kier molecular flexibility index (Phi) is 5.73. The Labute approximate surface area is 188 Å². The van der Waals surface area contributed by atoms with Crippen LogP contribution in [0.4, 0.5) is 11.5 Å². The number of aromatic nitrogens is 2. The smallest absolute Gasteiger partial charge is 0.268 e. The molecule has 2 aliphatic heterocycles. The van der Waals surface area contributed by atoms with E-state index >= 15 is 0 Å². The van der Waals surface area contributed by atoms with E-state index in [0.29, 0.717) is 18.7 Å². The Morgan fingerprint density at radius 2 is 1.59 bits per heavy atom. The Morgan fingerprint density at radius 3 is 2.34 bits per heavy atom. The van der Waals surface area contributed by atoms with Gasteiger partial charge in [0.05, 0.1) is 0 Å². The minimum atomic E-state index is -0.495. The second-order valence-electron chi connectivity index (χ2n) is 8.28. The maximum atomic E-state index is 13.1. The van der Waals surface area contributed by atoms with Crippen molar-refractivity contribution in [1.82, 2.24) is 14.9 Å². The molecule has 2 aliphatic rings. The molecule has 2 saturated heterocycles. The van der Waals surface area contributed by atoms with E-state index < -0.39 is 6.10 Å². The molecular formula is C25H27N5O2. The van der Waals surface area contributed by atoms with Gasteiger partial charge in [0.1, 0.15) is 0 Å². The highest BCUT2D eigenvalue weighted by molar-refractivity contribution is 5.99. The third kappa shape index (κ3) is 4.16. The van der Waals surface area contributed by atoms with Gasteiger partial charge in [0.2, 0.25) is 0 Å². The minimum absolute atomic E-state index is 0.00478. The van der Waals surface area contributed by atoms with Crippen LogP contribution < -0.4 is 14.5 Å². The molecule has 0 N–H and O–H groups in total. The van der Waals surface area contributed by atoms with Gasteiger partial charge in [-0.15, -0.1) is 0 Å². The number of likely N-dealkylation sites (N-methyl/N-ethyl adjacent to an activating group) is 1. The first-order valence-corrected chi connectivity index (χ1v) is 11.1.